The summed E-state index contributed by atoms with van der Waals surface area (Å²) >= 11 is 3.38. The highest BCUT2D eigenvalue weighted by molar-refractivity contribution is 9.10. The van der Waals surface area contributed by atoms with E-state index in [1.165, 1.54) is 16.7 Å². The molecule has 0 spiro atoms. The number of ketones is 1. The standard InChI is InChI=1S/C31H30BrN3O/c1-3-35(23-30(36)29-20-19-28(32)22-33-29)24(2)21-34-31(25-13-7-4-8-14-25,26-15-9-5-10-16-26)27-17-11-6-12-18-27/h4-22,34H,3,23H2,1-2H3/p+1/b24-21-. The zero-order chi connectivity index (χ0) is 25.4. The molecule has 4 nitrogen and oxygen atoms in total. The molecule has 0 fully saturated rings. The van der Waals surface area contributed by atoms with Crippen LogP contribution in [0.4, 0.5) is 0 Å². The number of carbonyl (C=O) groups excluding carboxylic acids is 1. The Hall–Kier alpha value is -3.54. The molecule has 0 amide bonds. The van der Waals surface area contributed by atoms with E-state index in [-0.39, 0.29) is 12.3 Å². The third kappa shape index (κ3) is 5.64. The molecule has 2 N–H and O–H groups in total. The van der Waals surface area contributed by atoms with Crippen molar-refractivity contribution in [2.75, 3.05) is 13.1 Å². The van der Waals surface area contributed by atoms with Crippen molar-refractivity contribution in [2.24, 2.45) is 0 Å². The van der Waals surface area contributed by atoms with Gasteiger partial charge in [-0.25, -0.2) is 0 Å². The maximum Gasteiger partial charge on any atom is 0.200 e. The second kappa shape index (κ2) is 11.9. The fraction of sp³-hybridized carbons (Fsp3) is 0.161. The van der Waals surface area contributed by atoms with Gasteiger partial charge in [-0.05, 0) is 41.9 Å². The number of halogens is 1. The van der Waals surface area contributed by atoms with Gasteiger partial charge >= 0.3 is 0 Å². The van der Waals surface area contributed by atoms with Crippen LogP contribution >= 0.6 is 15.9 Å². The van der Waals surface area contributed by atoms with E-state index in [0.29, 0.717) is 12.2 Å². The summed E-state index contributed by atoms with van der Waals surface area (Å²) in [5.74, 6) is -0.00228. The van der Waals surface area contributed by atoms with Crippen molar-refractivity contribution in [2.45, 2.75) is 19.4 Å². The lowest BCUT2D eigenvalue weighted by molar-refractivity contribution is -0.657. The van der Waals surface area contributed by atoms with Gasteiger partial charge in [-0.3, -0.25) is 9.78 Å². The largest absolute Gasteiger partial charge is 0.363 e. The molecule has 0 aliphatic carbocycles. The van der Waals surface area contributed by atoms with Crippen LogP contribution in [-0.4, -0.2) is 28.8 Å². The second-order valence-electron chi connectivity index (χ2n) is 8.68. The lowest BCUT2D eigenvalue weighted by Gasteiger charge is -2.33. The van der Waals surface area contributed by atoms with E-state index >= 15 is 0 Å². The number of hydrogen-bond acceptors (Lipinski definition) is 3. The van der Waals surface area contributed by atoms with Crippen molar-refractivity contribution in [3.05, 3.63) is 148 Å². The summed E-state index contributed by atoms with van der Waals surface area (Å²) < 4.78 is 0.858. The van der Waals surface area contributed by atoms with Gasteiger partial charge in [-0.15, -0.1) is 0 Å². The number of rotatable bonds is 10. The predicted molar refractivity (Wildman–Crippen MR) is 148 cm³/mol. The lowest BCUT2D eigenvalue weighted by atomic mass is 9.77. The number of nitrogens with zero attached hydrogens (tertiary/aromatic N) is 2. The molecule has 0 saturated carbocycles. The first kappa shape index (κ1) is 25.5. The molecule has 0 atom stereocenters. The highest BCUT2D eigenvalue weighted by atomic mass is 79.9. The molecule has 0 unspecified atom stereocenters. The van der Waals surface area contributed by atoms with Crippen molar-refractivity contribution < 1.29 is 10.1 Å². The van der Waals surface area contributed by atoms with Crippen LogP contribution in [0.5, 0.6) is 0 Å². The van der Waals surface area contributed by atoms with Crippen molar-refractivity contribution in [3.63, 3.8) is 0 Å². The molecular weight excluding hydrogens is 510 g/mol. The number of benzene rings is 3. The Morgan fingerprint density at radius 1 is 0.861 bits per heavy atom. The van der Waals surface area contributed by atoms with Gasteiger partial charge in [0.05, 0.1) is 12.2 Å². The maximum atomic E-state index is 12.9. The van der Waals surface area contributed by atoms with Crippen LogP contribution < -0.4 is 5.32 Å². The number of likely N-dealkylation sites (N-methyl/N-ethyl adjacent to an activating group) is 1. The maximum absolute atomic E-state index is 12.9. The minimum atomic E-state index is -0.484. The Labute approximate surface area is 221 Å². The number of Topliss-reactive ketones (excluding diaryl/α,β-unsaturated/α-hetero) is 1. The molecule has 182 valence electrons. The number of hydrogen-bond donors (Lipinski definition) is 1. The highest BCUT2D eigenvalue weighted by Crippen LogP contribution is 2.33. The van der Waals surface area contributed by atoms with Gasteiger partial charge in [0.15, 0.2) is 11.3 Å². The van der Waals surface area contributed by atoms with Gasteiger partial charge < -0.3 is 10.2 Å². The van der Waals surface area contributed by atoms with Crippen LogP contribution in [0.3, 0.4) is 0 Å². The summed E-state index contributed by atoms with van der Waals surface area (Å²) in [6, 6.07) is 35.4. The van der Waals surface area contributed by atoms with Gasteiger partial charge in [0.25, 0.3) is 0 Å². The summed E-state index contributed by atoms with van der Waals surface area (Å²) in [5, 5.41) is 2.27. The van der Waals surface area contributed by atoms with Crippen LogP contribution in [-0.2, 0) is 5.54 Å². The molecule has 5 heteroatoms. The fourth-order valence-electron chi connectivity index (χ4n) is 4.52. The van der Waals surface area contributed by atoms with Crippen LogP contribution in [0.15, 0.2) is 126 Å². The molecule has 0 aliphatic rings. The Morgan fingerprint density at radius 2 is 1.36 bits per heavy atom. The smallest absolute Gasteiger partial charge is 0.200 e. The first-order chi connectivity index (χ1) is 17.5. The molecule has 1 aromatic heterocycles. The average Bonchev–Trinajstić information content (AvgIpc) is 2.94. The summed E-state index contributed by atoms with van der Waals surface area (Å²) in [6.07, 6.45) is 3.81. The molecule has 0 aliphatic heterocycles. The van der Waals surface area contributed by atoms with E-state index in [1.807, 2.05) is 24.3 Å². The van der Waals surface area contributed by atoms with Crippen molar-refractivity contribution >= 4 is 21.7 Å². The third-order valence-electron chi connectivity index (χ3n) is 6.49. The monoisotopic (exact) mass is 540 g/mol. The number of quaternary nitrogens is 1. The molecule has 4 aromatic rings. The first-order valence-electron chi connectivity index (χ1n) is 12.1. The van der Waals surface area contributed by atoms with Crippen LogP contribution in [0.2, 0.25) is 0 Å². The fourth-order valence-corrected chi connectivity index (χ4v) is 4.76. The molecule has 36 heavy (non-hydrogen) atoms. The molecular formula is C31H31BrN3O+. The molecule has 3 aromatic carbocycles. The SMILES string of the molecule is CCN(CC(=O)c1ccc(Br)cn1)/C(C)=C\[NH2+]C(c1ccccc1)(c1ccccc1)c1ccccc1. The Morgan fingerprint density at radius 3 is 1.78 bits per heavy atom. The number of nitrogens with two attached hydrogens (primary N) is 1. The molecule has 4 rings (SSSR count). The molecule has 1 heterocycles. The van der Waals surface area contributed by atoms with Crippen molar-refractivity contribution in [1.82, 2.24) is 9.88 Å². The van der Waals surface area contributed by atoms with E-state index in [2.05, 4.69) is 124 Å². The molecule has 0 saturated heterocycles. The van der Waals surface area contributed by atoms with Gasteiger partial charge in [-0.2, -0.15) is 0 Å². The van der Waals surface area contributed by atoms with E-state index in [9.17, 15) is 4.79 Å². The Bertz CT molecular complexity index is 1190. The van der Waals surface area contributed by atoms with Gasteiger partial charge in [0.2, 0.25) is 0 Å². The minimum absolute atomic E-state index is 0.00228. The summed E-state index contributed by atoms with van der Waals surface area (Å²) in [4.78, 5) is 19.3. The van der Waals surface area contributed by atoms with Crippen molar-refractivity contribution in [3.8, 4) is 0 Å². The zero-order valence-electron chi connectivity index (χ0n) is 20.6. The van der Waals surface area contributed by atoms with Crippen molar-refractivity contribution in [1.29, 1.82) is 0 Å². The number of pyridine rings is 1. The van der Waals surface area contributed by atoms with Gasteiger partial charge in [0.1, 0.15) is 11.9 Å². The quantitative estimate of drug-likeness (QED) is 0.205. The number of aromatic nitrogens is 1. The third-order valence-corrected chi connectivity index (χ3v) is 6.96. The van der Waals surface area contributed by atoms with E-state index in [1.54, 1.807) is 12.3 Å². The van der Waals surface area contributed by atoms with Gasteiger partial charge in [0, 0.05) is 33.9 Å². The van der Waals surface area contributed by atoms with E-state index in [0.717, 1.165) is 10.2 Å². The van der Waals surface area contributed by atoms with E-state index < -0.39 is 5.54 Å². The zero-order valence-corrected chi connectivity index (χ0v) is 22.2. The average molecular weight is 542 g/mol. The summed E-state index contributed by atoms with van der Waals surface area (Å²) in [7, 11) is 0. The predicted octanol–water partition coefficient (Wildman–Crippen LogP) is 5.77. The lowest BCUT2D eigenvalue weighted by Crippen LogP contribution is -2.91. The summed E-state index contributed by atoms with van der Waals surface area (Å²) in [5.41, 5.74) is 4.57. The molecule has 0 bridgehead atoms. The summed E-state index contributed by atoms with van der Waals surface area (Å²) in [6.45, 7) is 5.12. The number of carbonyl (C=O) groups is 1. The molecule has 0 radical (unpaired) electrons. The highest BCUT2D eigenvalue weighted by Gasteiger charge is 2.39. The van der Waals surface area contributed by atoms with E-state index in [4.69, 9.17) is 0 Å². The Balaban J connectivity index is 1.72. The normalized spacial score (nSPS) is 11.8. The number of allylic oxidation sites excluding steroid dienone is 1. The van der Waals surface area contributed by atoms with Crippen LogP contribution in [0.1, 0.15) is 41.0 Å². The minimum Gasteiger partial charge on any atom is -0.363 e. The first-order valence-corrected chi connectivity index (χ1v) is 12.9. The Kier molecular flexibility index (Phi) is 8.47. The second-order valence-corrected chi connectivity index (χ2v) is 9.60. The van der Waals surface area contributed by atoms with Crippen LogP contribution in [0, 0.1) is 0 Å². The van der Waals surface area contributed by atoms with Crippen LogP contribution in [0.25, 0.3) is 0 Å². The topological polar surface area (TPSA) is 49.8 Å². The van der Waals surface area contributed by atoms with Gasteiger partial charge in [-0.1, -0.05) is 91.0 Å².